The van der Waals surface area contributed by atoms with Gasteiger partial charge in [0, 0.05) is 55.1 Å². The SMILES string of the molecule is Cc1ccc2ncc(C(C=NC3CCN(CCO)CC3)=CN)cc2n1. The summed E-state index contributed by atoms with van der Waals surface area (Å²) in [4.78, 5) is 16.0. The zero-order chi connectivity index (χ0) is 17.6. The Balaban J connectivity index is 1.71. The number of nitrogens with zero attached hydrogens (tertiary/aromatic N) is 4. The normalized spacial score (nSPS) is 17.6. The number of hydrogen-bond acceptors (Lipinski definition) is 6. The van der Waals surface area contributed by atoms with Crippen molar-refractivity contribution in [2.24, 2.45) is 10.7 Å². The lowest BCUT2D eigenvalue weighted by Crippen LogP contribution is -2.37. The van der Waals surface area contributed by atoms with Gasteiger partial charge in [-0.1, -0.05) is 0 Å². The van der Waals surface area contributed by atoms with E-state index in [2.05, 4.69) is 14.9 Å². The standard InChI is InChI=1S/C19H25N5O/c1-14-2-3-18-19(23-14)10-15(12-22-18)16(11-20)13-21-17-4-6-24(7-5-17)8-9-25/h2-3,10-13,17,25H,4-9,20H2,1H3. The van der Waals surface area contributed by atoms with Gasteiger partial charge in [0.15, 0.2) is 0 Å². The van der Waals surface area contributed by atoms with Crippen LogP contribution in [0.15, 0.2) is 35.6 Å². The molecule has 0 atom stereocenters. The molecule has 0 amide bonds. The summed E-state index contributed by atoms with van der Waals surface area (Å²) in [7, 11) is 0. The molecular formula is C19H25N5O. The van der Waals surface area contributed by atoms with Crippen LogP contribution in [-0.4, -0.2) is 58.5 Å². The highest BCUT2D eigenvalue weighted by molar-refractivity contribution is 6.10. The van der Waals surface area contributed by atoms with E-state index < -0.39 is 0 Å². The number of aromatic nitrogens is 2. The van der Waals surface area contributed by atoms with Crippen LogP contribution in [0.1, 0.15) is 24.1 Å². The number of aliphatic hydroxyl groups excluding tert-OH is 1. The van der Waals surface area contributed by atoms with Crippen molar-refractivity contribution in [2.45, 2.75) is 25.8 Å². The summed E-state index contributed by atoms with van der Waals surface area (Å²) in [5.41, 5.74) is 10.3. The van der Waals surface area contributed by atoms with Gasteiger partial charge in [-0.25, -0.2) is 0 Å². The zero-order valence-electron chi connectivity index (χ0n) is 14.6. The molecule has 0 radical (unpaired) electrons. The van der Waals surface area contributed by atoms with E-state index in [4.69, 9.17) is 15.8 Å². The molecule has 25 heavy (non-hydrogen) atoms. The van der Waals surface area contributed by atoms with Gasteiger partial charge in [0.2, 0.25) is 0 Å². The summed E-state index contributed by atoms with van der Waals surface area (Å²) < 4.78 is 0. The van der Waals surface area contributed by atoms with Crippen LogP contribution < -0.4 is 5.73 Å². The fourth-order valence-corrected chi connectivity index (χ4v) is 3.10. The van der Waals surface area contributed by atoms with Crippen molar-refractivity contribution >= 4 is 22.8 Å². The molecule has 1 saturated heterocycles. The molecule has 132 valence electrons. The van der Waals surface area contributed by atoms with Crippen LogP contribution in [0.25, 0.3) is 16.6 Å². The van der Waals surface area contributed by atoms with Gasteiger partial charge in [-0.05, 0) is 38.0 Å². The number of allylic oxidation sites excluding steroid dienone is 1. The topological polar surface area (TPSA) is 87.6 Å². The molecule has 6 heteroatoms. The maximum Gasteiger partial charge on any atom is 0.0896 e. The van der Waals surface area contributed by atoms with E-state index in [1.165, 1.54) is 0 Å². The Bertz CT molecular complexity index is 778. The molecule has 2 aromatic rings. The minimum absolute atomic E-state index is 0.219. The number of piperidine rings is 1. The highest BCUT2D eigenvalue weighted by Crippen LogP contribution is 2.18. The third-order valence-corrected chi connectivity index (χ3v) is 4.59. The third-order valence-electron chi connectivity index (χ3n) is 4.59. The first-order valence-electron chi connectivity index (χ1n) is 8.71. The van der Waals surface area contributed by atoms with E-state index >= 15 is 0 Å². The molecule has 0 aliphatic carbocycles. The fourth-order valence-electron chi connectivity index (χ4n) is 3.10. The van der Waals surface area contributed by atoms with Crippen LogP contribution in [0.5, 0.6) is 0 Å². The Hall–Kier alpha value is -2.31. The number of aliphatic imine (C=N–C) groups is 1. The molecule has 1 fully saturated rings. The van der Waals surface area contributed by atoms with Crippen molar-refractivity contribution in [3.63, 3.8) is 0 Å². The molecule has 1 aliphatic rings. The monoisotopic (exact) mass is 339 g/mol. The average molecular weight is 339 g/mol. The summed E-state index contributed by atoms with van der Waals surface area (Å²) in [6, 6.07) is 6.24. The van der Waals surface area contributed by atoms with Crippen LogP contribution in [0.2, 0.25) is 0 Å². The van der Waals surface area contributed by atoms with Crippen LogP contribution in [0.3, 0.4) is 0 Å². The molecular weight excluding hydrogens is 314 g/mol. The second-order valence-electron chi connectivity index (χ2n) is 6.41. The molecule has 0 bridgehead atoms. The molecule has 3 rings (SSSR count). The van der Waals surface area contributed by atoms with Gasteiger partial charge in [-0.15, -0.1) is 0 Å². The predicted molar refractivity (Wildman–Crippen MR) is 101 cm³/mol. The lowest BCUT2D eigenvalue weighted by atomic mass is 10.1. The average Bonchev–Trinajstić information content (AvgIpc) is 2.63. The number of aryl methyl sites for hydroxylation is 1. The predicted octanol–water partition coefficient (Wildman–Crippen LogP) is 1.77. The van der Waals surface area contributed by atoms with E-state index in [-0.39, 0.29) is 6.61 Å². The lowest BCUT2D eigenvalue weighted by Gasteiger charge is -2.29. The molecule has 2 aromatic heterocycles. The van der Waals surface area contributed by atoms with Crippen LogP contribution >= 0.6 is 0 Å². The fraction of sp³-hybridized carbons (Fsp3) is 0.421. The Kier molecular flexibility index (Phi) is 5.73. The van der Waals surface area contributed by atoms with Gasteiger partial charge >= 0.3 is 0 Å². The molecule has 1 aliphatic heterocycles. The summed E-state index contributed by atoms with van der Waals surface area (Å²) in [5, 5.41) is 9.01. The van der Waals surface area contributed by atoms with Crippen molar-refractivity contribution in [2.75, 3.05) is 26.2 Å². The lowest BCUT2D eigenvalue weighted by molar-refractivity contribution is 0.165. The van der Waals surface area contributed by atoms with Gasteiger partial charge in [-0.2, -0.15) is 0 Å². The maximum absolute atomic E-state index is 9.01. The van der Waals surface area contributed by atoms with Crippen LogP contribution in [0.4, 0.5) is 0 Å². The van der Waals surface area contributed by atoms with E-state index in [1.807, 2.05) is 37.5 Å². The summed E-state index contributed by atoms with van der Waals surface area (Å²) in [6.07, 6.45) is 7.25. The molecule has 3 heterocycles. The first-order chi connectivity index (χ1) is 12.2. The smallest absolute Gasteiger partial charge is 0.0896 e. The zero-order valence-corrected chi connectivity index (χ0v) is 14.6. The number of rotatable bonds is 5. The number of fused-ring (bicyclic) bond motifs is 1. The quantitative estimate of drug-likeness (QED) is 0.811. The highest BCUT2D eigenvalue weighted by atomic mass is 16.3. The number of β-amino-alcohol motifs (C(OH)–C–C–N with tert-alkyl or cyclic N) is 1. The molecule has 0 spiro atoms. The van der Waals surface area contributed by atoms with E-state index in [0.717, 1.165) is 60.3 Å². The number of nitrogens with two attached hydrogens (primary N) is 1. The second kappa shape index (κ2) is 8.18. The van der Waals surface area contributed by atoms with Gasteiger partial charge < -0.3 is 15.7 Å². The van der Waals surface area contributed by atoms with Crippen LogP contribution in [0, 0.1) is 6.92 Å². The Labute approximate surface area is 148 Å². The van der Waals surface area contributed by atoms with Crippen molar-refractivity contribution in [1.29, 1.82) is 0 Å². The molecule has 0 saturated carbocycles. The molecule has 0 unspecified atom stereocenters. The van der Waals surface area contributed by atoms with Crippen molar-refractivity contribution in [1.82, 2.24) is 14.9 Å². The van der Waals surface area contributed by atoms with Crippen molar-refractivity contribution in [3.8, 4) is 0 Å². The minimum Gasteiger partial charge on any atom is -0.404 e. The molecule has 0 aromatic carbocycles. The van der Waals surface area contributed by atoms with Crippen LogP contribution in [-0.2, 0) is 0 Å². The van der Waals surface area contributed by atoms with E-state index in [1.54, 1.807) is 6.20 Å². The minimum atomic E-state index is 0.219. The second-order valence-corrected chi connectivity index (χ2v) is 6.41. The van der Waals surface area contributed by atoms with E-state index in [9.17, 15) is 0 Å². The maximum atomic E-state index is 9.01. The first-order valence-corrected chi connectivity index (χ1v) is 8.71. The summed E-state index contributed by atoms with van der Waals surface area (Å²) in [5.74, 6) is 0. The van der Waals surface area contributed by atoms with Gasteiger partial charge in [-0.3, -0.25) is 15.0 Å². The highest BCUT2D eigenvalue weighted by Gasteiger charge is 2.17. The Morgan fingerprint density at radius 2 is 2.16 bits per heavy atom. The first kappa shape index (κ1) is 17.5. The number of aliphatic hydroxyl groups is 1. The molecule has 3 N–H and O–H groups in total. The van der Waals surface area contributed by atoms with Crippen molar-refractivity contribution < 1.29 is 5.11 Å². The van der Waals surface area contributed by atoms with Gasteiger partial charge in [0.25, 0.3) is 0 Å². The number of pyridine rings is 2. The third kappa shape index (κ3) is 4.41. The van der Waals surface area contributed by atoms with Gasteiger partial charge in [0.1, 0.15) is 0 Å². The molecule has 6 nitrogen and oxygen atoms in total. The largest absolute Gasteiger partial charge is 0.404 e. The Morgan fingerprint density at radius 1 is 1.36 bits per heavy atom. The van der Waals surface area contributed by atoms with Crippen molar-refractivity contribution in [3.05, 3.63) is 41.9 Å². The van der Waals surface area contributed by atoms with E-state index in [0.29, 0.717) is 6.04 Å². The summed E-state index contributed by atoms with van der Waals surface area (Å²) in [6.45, 7) is 4.89. The summed E-state index contributed by atoms with van der Waals surface area (Å²) >= 11 is 0. The number of hydrogen-bond donors (Lipinski definition) is 2. The number of likely N-dealkylation sites (tertiary alicyclic amines) is 1. The Morgan fingerprint density at radius 3 is 2.88 bits per heavy atom. The van der Waals surface area contributed by atoms with Gasteiger partial charge in [0.05, 0.1) is 23.7 Å².